The van der Waals surface area contributed by atoms with Crippen molar-refractivity contribution < 1.29 is 9.84 Å². The van der Waals surface area contributed by atoms with Crippen LogP contribution in [0.5, 0.6) is 0 Å². The predicted octanol–water partition coefficient (Wildman–Crippen LogP) is 2.18. The van der Waals surface area contributed by atoms with Crippen LogP contribution in [0.3, 0.4) is 0 Å². The van der Waals surface area contributed by atoms with Crippen molar-refractivity contribution in [2.75, 3.05) is 26.3 Å². The van der Waals surface area contributed by atoms with Crippen molar-refractivity contribution in [1.82, 2.24) is 4.90 Å². The highest BCUT2D eigenvalue weighted by Gasteiger charge is 2.44. The van der Waals surface area contributed by atoms with E-state index in [1.807, 2.05) is 0 Å². The maximum absolute atomic E-state index is 9.11. The van der Waals surface area contributed by atoms with Crippen molar-refractivity contribution >= 4 is 0 Å². The molecule has 1 saturated carbocycles. The summed E-state index contributed by atoms with van der Waals surface area (Å²) in [6.45, 7) is 3.80. The molecule has 3 fully saturated rings. The van der Waals surface area contributed by atoms with E-state index >= 15 is 0 Å². The zero-order chi connectivity index (χ0) is 12.4. The van der Waals surface area contributed by atoms with E-state index < -0.39 is 0 Å². The number of piperidine rings is 1. The second-order valence-electron chi connectivity index (χ2n) is 6.55. The second-order valence-corrected chi connectivity index (χ2v) is 6.55. The largest absolute Gasteiger partial charge is 0.396 e. The molecule has 3 heteroatoms. The summed E-state index contributed by atoms with van der Waals surface area (Å²) in [6, 6.07) is 0.751. The van der Waals surface area contributed by atoms with Crippen LogP contribution in [0.15, 0.2) is 0 Å². The molecule has 2 aliphatic heterocycles. The van der Waals surface area contributed by atoms with E-state index in [-0.39, 0.29) is 5.60 Å². The summed E-state index contributed by atoms with van der Waals surface area (Å²) in [5.41, 5.74) is 0.271. The van der Waals surface area contributed by atoms with Crippen LogP contribution >= 0.6 is 0 Å². The molecule has 0 radical (unpaired) electrons. The van der Waals surface area contributed by atoms with Crippen molar-refractivity contribution in [3.8, 4) is 0 Å². The molecule has 1 spiro atoms. The minimum atomic E-state index is 0.271. The Hall–Kier alpha value is -0.120. The number of rotatable bonds is 3. The van der Waals surface area contributed by atoms with Gasteiger partial charge in [0.1, 0.15) is 0 Å². The molecule has 0 aromatic heterocycles. The van der Waals surface area contributed by atoms with E-state index in [4.69, 9.17) is 9.84 Å². The first-order valence-electron chi connectivity index (χ1n) is 7.80. The highest BCUT2D eigenvalue weighted by atomic mass is 16.5. The Bertz CT molecular complexity index is 276. The lowest BCUT2D eigenvalue weighted by Gasteiger charge is -2.50. The molecule has 18 heavy (non-hydrogen) atoms. The van der Waals surface area contributed by atoms with Gasteiger partial charge in [-0.2, -0.15) is 0 Å². The number of hydrogen-bond acceptors (Lipinski definition) is 3. The van der Waals surface area contributed by atoms with Crippen LogP contribution in [-0.2, 0) is 4.74 Å². The van der Waals surface area contributed by atoms with Gasteiger partial charge in [0, 0.05) is 25.8 Å². The monoisotopic (exact) mass is 253 g/mol. The molecular formula is C15H27NO2. The molecule has 104 valence electrons. The highest BCUT2D eigenvalue weighted by Crippen LogP contribution is 2.43. The molecule has 1 aliphatic carbocycles. The lowest BCUT2D eigenvalue weighted by molar-refractivity contribution is -0.151. The van der Waals surface area contributed by atoms with Gasteiger partial charge in [0.05, 0.1) is 5.60 Å². The van der Waals surface area contributed by atoms with Crippen LogP contribution in [-0.4, -0.2) is 48.0 Å². The molecule has 0 aromatic rings. The highest BCUT2D eigenvalue weighted by molar-refractivity contribution is 4.97. The van der Waals surface area contributed by atoms with E-state index in [9.17, 15) is 0 Å². The Morgan fingerprint density at radius 2 is 2.11 bits per heavy atom. The minimum Gasteiger partial charge on any atom is -0.396 e. The van der Waals surface area contributed by atoms with Crippen molar-refractivity contribution in [3.63, 3.8) is 0 Å². The quantitative estimate of drug-likeness (QED) is 0.837. The third kappa shape index (κ3) is 2.59. The minimum absolute atomic E-state index is 0.271. The van der Waals surface area contributed by atoms with Gasteiger partial charge in [0.15, 0.2) is 0 Å². The fourth-order valence-electron chi connectivity index (χ4n) is 4.08. The topological polar surface area (TPSA) is 32.7 Å². The third-order valence-corrected chi connectivity index (χ3v) is 5.34. The van der Waals surface area contributed by atoms with Crippen LogP contribution in [0.1, 0.15) is 51.4 Å². The Kier molecular flexibility index (Phi) is 3.92. The van der Waals surface area contributed by atoms with Gasteiger partial charge in [-0.05, 0) is 63.8 Å². The van der Waals surface area contributed by atoms with Crippen molar-refractivity contribution in [2.24, 2.45) is 5.92 Å². The Balaban J connectivity index is 1.56. The zero-order valence-electron chi connectivity index (χ0n) is 11.4. The van der Waals surface area contributed by atoms with E-state index in [0.29, 0.717) is 6.61 Å². The van der Waals surface area contributed by atoms with Gasteiger partial charge in [-0.1, -0.05) is 0 Å². The van der Waals surface area contributed by atoms with Gasteiger partial charge in [0.25, 0.3) is 0 Å². The number of hydrogen-bond donors (Lipinski definition) is 1. The summed E-state index contributed by atoms with van der Waals surface area (Å²) >= 11 is 0. The Labute approximate surface area is 110 Å². The van der Waals surface area contributed by atoms with E-state index in [2.05, 4.69) is 4.90 Å². The average Bonchev–Trinajstić information content (AvgIpc) is 2.38. The van der Waals surface area contributed by atoms with E-state index in [1.54, 1.807) is 0 Å². The van der Waals surface area contributed by atoms with Crippen LogP contribution in [0.4, 0.5) is 0 Å². The fourth-order valence-corrected chi connectivity index (χ4v) is 4.08. The van der Waals surface area contributed by atoms with Crippen LogP contribution in [0.25, 0.3) is 0 Å². The second kappa shape index (κ2) is 5.48. The lowest BCUT2D eigenvalue weighted by atomic mass is 9.73. The normalized spacial score (nSPS) is 36.5. The molecule has 2 saturated heterocycles. The van der Waals surface area contributed by atoms with Crippen molar-refractivity contribution in [3.05, 3.63) is 0 Å². The molecule has 0 amide bonds. The predicted molar refractivity (Wildman–Crippen MR) is 71.6 cm³/mol. The number of likely N-dealkylation sites (tertiary alicyclic amines) is 1. The maximum atomic E-state index is 9.11. The lowest BCUT2D eigenvalue weighted by Crippen LogP contribution is -2.53. The summed E-state index contributed by atoms with van der Waals surface area (Å²) in [5.74, 6) is 0.726. The summed E-state index contributed by atoms with van der Waals surface area (Å²) < 4.78 is 6.03. The van der Waals surface area contributed by atoms with Crippen LogP contribution < -0.4 is 0 Å². The first-order valence-corrected chi connectivity index (χ1v) is 7.80. The molecule has 0 bridgehead atoms. The van der Waals surface area contributed by atoms with Crippen LogP contribution in [0.2, 0.25) is 0 Å². The maximum Gasteiger partial charge on any atom is 0.0697 e. The van der Waals surface area contributed by atoms with E-state index in [1.165, 1.54) is 58.0 Å². The molecular weight excluding hydrogens is 226 g/mol. The number of aliphatic hydroxyl groups excluding tert-OH is 1. The first-order chi connectivity index (χ1) is 8.81. The van der Waals surface area contributed by atoms with Crippen molar-refractivity contribution in [1.29, 1.82) is 0 Å². The van der Waals surface area contributed by atoms with Gasteiger partial charge in [0.2, 0.25) is 0 Å². The van der Waals surface area contributed by atoms with Gasteiger partial charge in [-0.25, -0.2) is 0 Å². The van der Waals surface area contributed by atoms with Gasteiger partial charge < -0.3 is 9.84 Å². The third-order valence-electron chi connectivity index (χ3n) is 5.34. The fraction of sp³-hybridized carbons (Fsp3) is 1.00. The molecule has 3 aliphatic rings. The summed E-state index contributed by atoms with van der Waals surface area (Å²) in [6.07, 6.45) is 10.0. The smallest absolute Gasteiger partial charge is 0.0697 e. The van der Waals surface area contributed by atoms with Gasteiger partial charge >= 0.3 is 0 Å². The molecule has 2 heterocycles. The summed E-state index contributed by atoms with van der Waals surface area (Å²) in [4.78, 5) is 2.70. The Morgan fingerprint density at radius 3 is 2.83 bits per heavy atom. The standard InChI is InChI=1S/C15H27NO2/c17-9-4-13-3-1-8-16(12-13)14-5-10-18-15(11-14)6-2-7-15/h13-14,17H,1-12H2. The molecule has 2 atom stereocenters. The SMILES string of the molecule is OCCC1CCCN(C2CCOC3(CCC3)C2)C1. The summed E-state index contributed by atoms with van der Waals surface area (Å²) in [7, 11) is 0. The molecule has 3 nitrogen and oxygen atoms in total. The van der Waals surface area contributed by atoms with Crippen LogP contribution in [0, 0.1) is 5.92 Å². The molecule has 2 unspecified atom stereocenters. The average molecular weight is 253 g/mol. The van der Waals surface area contributed by atoms with Crippen molar-refractivity contribution in [2.45, 2.75) is 63.0 Å². The summed E-state index contributed by atoms with van der Waals surface area (Å²) in [5, 5.41) is 9.11. The first kappa shape index (κ1) is 12.9. The molecule has 3 rings (SSSR count). The molecule has 1 N–H and O–H groups in total. The van der Waals surface area contributed by atoms with Gasteiger partial charge in [-0.15, -0.1) is 0 Å². The van der Waals surface area contributed by atoms with Gasteiger partial charge in [-0.3, -0.25) is 4.90 Å². The van der Waals surface area contributed by atoms with E-state index in [0.717, 1.165) is 25.0 Å². The number of aliphatic hydroxyl groups is 1. The molecule has 0 aromatic carbocycles. The Morgan fingerprint density at radius 1 is 1.22 bits per heavy atom. The zero-order valence-corrected chi connectivity index (χ0v) is 11.4. The number of nitrogens with zero attached hydrogens (tertiary/aromatic N) is 1. The number of ether oxygens (including phenoxy) is 1.